The Bertz CT molecular complexity index is 2460. The lowest BCUT2D eigenvalue weighted by atomic mass is 9.82. The molecule has 0 atom stereocenters. The molecule has 7 rings (SSSR count). The number of hydrogen-bond acceptors (Lipinski definition) is 4. The van der Waals surface area contributed by atoms with Gasteiger partial charge in [-0.1, -0.05) is 24.3 Å². The molecular formula is C44H40N8. The van der Waals surface area contributed by atoms with Crippen molar-refractivity contribution in [2.45, 2.75) is 77.0 Å². The van der Waals surface area contributed by atoms with Crippen LogP contribution in [0.15, 0.2) is 83.4 Å². The molecule has 0 radical (unpaired) electrons. The zero-order valence-electron chi connectivity index (χ0n) is 30.7. The van der Waals surface area contributed by atoms with Crippen LogP contribution in [0.1, 0.15) is 118 Å². The standard InChI is InChI=1S/C44H40N8/c1-41(2)31-13-14-32(49-31)42(3,4)34-17-18-36(51-34)44(7,8)40-25(20-37(52-40)43(5,6)35-16-15-33(41)50-35)19-30-38(26(21-45)22-46)28-11-9-10-12-29(28)39(30)27(23-47)24-48/h9-20,49-52H,1-8H3. The molecule has 256 valence electrons. The van der Waals surface area contributed by atoms with Crippen molar-refractivity contribution in [3.8, 4) is 24.3 Å². The minimum Gasteiger partial charge on any atom is -0.361 e. The average Bonchev–Trinajstić information content (AvgIpc) is 3.96. The molecule has 5 heterocycles. The molecule has 1 aliphatic heterocycles. The summed E-state index contributed by atoms with van der Waals surface area (Å²) in [5.41, 5.74) is 9.65. The number of fused-ring (bicyclic) bond motifs is 9. The smallest absolute Gasteiger partial charge is 0.138 e. The Balaban J connectivity index is 1.56. The van der Waals surface area contributed by atoms with Crippen LogP contribution in [-0.2, 0) is 21.7 Å². The van der Waals surface area contributed by atoms with E-state index >= 15 is 0 Å². The van der Waals surface area contributed by atoms with E-state index in [0.717, 1.165) is 51.1 Å². The second-order valence-electron chi connectivity index (χ2n) is 15.9. The summed E-state index contributed by atoms with van der Waals surface area (Å²) in [6.45, 7) is 17.5. The number of benzene rings is 1. The van der Waals surface area contributed by atoms with Gasteiger partial charge in [0.25, 0.3) is 0 Å². The van der Waals surface area contributed by atoms with Gasteiger partial charge in [0, 0.05) is 78.4 Å². The van der Waals surface area contributed by atoms with Crippen molar-refractivity contribution in [2.24, 2.45) is 0 Å². The number of nitrogens with one attached hydrogen (secondary N) is 4. The molecular weight excluding hydrogens is 641 g/mol. The molecule has 1 aromatic carbocycles. The largest absolute Gasteiger partial charge is 0.361 e. The minimum atomic E-state index is -0.601. The monoisotopic (exact) mass is 680 g/mol. The summed E-state index contributed by atoms with van der Waals surface area (Å²) >= 11 is 0. The lowest BCUT2D eigenvalue weighted by Crippen LogP contribution is -2.26. The molecule has 1 aliphatic carbocycles. The highest BCUT2D eigenvalue weighted by atomic mass is 14.9. The quantitative estimate of drug-likeness (QED) is 0.130. The second kappa shape index (κ2) is 11.5. The number of allylic oxidation sites excluding steroid dienone is 5. The number of nitriles is 4. The highest BCUT2D eigenvalue weighted by Crippen LogP contribution is 2.50. The number of nitrogens with zero attached hydrogens (tertiary/aromatic N) is 4. The van der Waals surface area contributed by atoms with Gasteiger partial charge >= 0.3 is 0 Å². The van der Waals surface area contributed by atoms with Crippen molar-refractivity contribution in [3.63, 3.8) is 0 Å². The van der Waals surface area contributed by atoms with E-state index in [9.17, 15) is 21.0 Å². The topological polar surface area (TPSA) is 158 Å². The molecule has 0 saturated heterocycles. The van der Waals surface area contributed by atoms with E-state index < -0.39 is 10.8 Å². The molecule has 0 saturated carbocycles. The fourth-order valence-corrected chi connectivity index (χ4v) is 7.83. The van der Waals surface area contributed by atoms with E-state index in [1.54, 1.807) is 0 Å². The Morgan fingerprint density at radius 1 is 0.481 bits per heavy atom. The number of aromatic nitrogens is 4. The highest BCUT2D eigenvalue weighted by molar-refractivity contribution is 6.15. The third-order valence-corrected chi connectivity index (χ3v) is 11.5. The van der Waals surface area contributed by atoms with Crippen LogP contribution in [0.25, 0.3) is 17.2 Å². The third kappa shape index (κ3) is 4.84. The lowest BCUT2D eigenvalue weighted by molar-refractivity contribution is 0.545. The summed E-state index contributed by atoms with van der Waals surface area (Å²) in [6, 6.07) is 30.7. The SMILES string of the molecule is CC1(C)c2ccc([nH]2)C(C)(C)c2ccc([nH]2)C(C)(C)c2[nH]c(cc2C=C2C(=C(C#N)C#N)c3ccccc3C2=C(C#N)C#N)C(C)(C)c2ccc1[nH]2. The predicted octanol–water partition coefficient (Wildman–Crippen LogP) is 9.31. The maximum absolute atomic E-state index is 10.2. The maximum atomic E-state index is 10.2. The van der Waals surface area contributed by atoms with Crippen LogP contribution in [-0.4, -0.2) is 19.9 Å². The second-order valence-corrected chi connectivity index (χ2v) is 15.9. The van der Waals surface area contributed by atoms with E-state index in [1.807, 2.05) is 30.3 Å². The first-order chi connectivity index (χ1) is 24.6. The van der Waals surface area contributed by atoms with E-state index in [4.69, 9.17) is 0 Å². The van der Waals surface area contributed by atoms with E-state index in [2.05, 4.69) is 142 Å². The zero-order valence-corrected chi connectivity index (χ0v) is 30.7. The van der Waals surface area contributed by atoms with Crippen LogP contribution in [0.2, 0.25) is 0 Å². The van der Waals surface area contributed by atoms with E-state index in [1.165, 1.54) is 0 Å². The predicted molar refractivity (Wildman–Crippen MR) is 202 cm³/mol. The summed E-state index contributed by atoms with van der Waals surface area (Å²) in [4.78, 5) is 15.2. The molecule has 0 unspecified atom stereocenters. The van der Waals surface area contributed by atoms with Crippen LogP contribution in [0.4, 0.5) is 0 Å². The van der Waals surface area contributed by atoms with Crippen molar-refractivity contribution < 1.29 is 0 Å². The summed E-state index contributed by atoms with van der Waals surface area (Å²) in [5.74, 6) is 0. The number of hydrogen-bond donors (Lipinski definition) is 4. The summed E-state index contributed by atoms with van der Waals surface area (Å²) in [7, 11) is 0. The maximum Gasteiger partial charge on any atom is 0.138 e. The number of aromatic amines is 4. The van der Waals surface area contributed by atoms with Gasteiger partial charge < -0.3 is 19.9 Å². The van der Waals surface area contributed by atoms with Crippen molar-refractivity contribution in [1.82, 2.24) is 19.9 Å². The fourth-order valence-electron chi connectivity index (χ4n) is 7.83. The molecule has 8 heteroatoms. The lowest BCUT2D eigenvalue weighted by Gasteiger charge is -2.28. The Hall–Kier alpha value is -6.48. The van der Waals surface area contributed by atoms with Gasteiger partial charge in [0.1, 0.15) is 35.4 Å². The number of rotatable bonds is 1. The van der Waals surface area contributed by atoms with Gasteiger partial charge in [-0.05, 0) is 126 Å². The van der Waals surface area contributed by atoms with E-state index in [0.29, 0.717) is 27.8 Å². The van der Waals surface area contributed by atoms with E-state index in [-0.39, 0.29) is 22.0 Å². The molecule has 8 bridgehead atoms. The first-order valence-electron chi connectivity index (χ1n) is 17.4. The van der Waals surface area contributed by atoms with Gasteiger partial charge in [-0.2, -0.15) is 21.0 Å². The van der Waals surface area contributed by atoms with Crippen LogP contribution in [0.5, 0.6) is 0 Å². The Labute approximate surface area is 304 Å². The normalized spacial score (nSPS) is 17.3. The first-order valence-corrected chi connectivity index (χ1v) is 17.4. The summed E-state index contributed by atoms with van der Waals surface area (Å²) in [5, 5.41) is 40.7. The van der Waals surface area contributed by atoms with Gasteiger partial charge in [0.05, 0.1) is 0 Å². The molecule has 8 nitrogen and oxygen atoms in total. The highest BCUT2D eigenvalue weighted by Gasteiger charge is 2.39. The van der Waals surface area contributed by atoms with Gasteiger partial charge in [-0.15, -0.1) is 0 Å². The van der Waals surface area contributed by atoms with Crippen LogP contribution >= 0.6 is 0 Å². The molecule has 0 fully saturated rings. The molecule has 4 N–H and O–H groups in total. The summed E-state index contributed by atoms with van der Waals surface area (Å²) in [6.07, 6.45) is 1.94. The van der Waals surface area contributed by atoms with Crippen molar-refractivity contribution in [1.29, 1.82) is 21.0 Å². The minimum absolute atomic E-state index is 0.0866. The van der Waals surface area contributed by atoms with Gasteiger partial charge in [0.2, 0.25) is 0 Å². The van der Waals surface area contributed by atoms with Gasteiger partial charge in [-0.25, -0.2) is 0 Å². The van der Waals surface area contributed by atoms with Crippen molar-refractivity contribution >= 4 is 17.2 Å². The van der Waals surface area contributed by atoms with Crippen LogP contribution < -0.4 is 0 Å². The molecule has 0 amide bonds. The third-order valence-electron chi connectivity index (χ3n) is 11.5. The Morgan fingerprint density at radius 3 is 1.19 bits per heavy atom. The zero-order chi connectivity index (χ0) is 37.4. The van der Waals surface area contributed by atoms with Gasteiger partial charge in [-0.3, -0.25) is 0 Å². The van der Waals surface area contributed by atoms with Gasteiger partial charge in [0.15, 0.2) is 0 Å². The molecule has 52 heavy (non-hydrogen) atoms. The molecule has 4 aromatic heterocycles. The Kier molecular flexibility index (Phi) is 7.54. The molecule has 5 aromatic rings. The van der Waals surface area contributed by atoms with Crippen LogP contribution in [0.3, 0.4) is 0 Å². The summed E-state index contributed by atoms with van der Waals surface area (Å²) < 4.78 is 0. The fraction of sp³-hybridized carbons (Fsp3) is 0.273. The van der Waals surface area contributed by atoms with Crippen molar-refractivity contribution in [3.05, 3.63) is 146 Å². The first kappa shape index (κ1) is 34.0. The molecule has 0 spiro atoms. The van der Waals surface area contributed by atoms with Crippen molar-refractivity contribution in [2.75, 3.05) is 0 Å². The average molecular weight is 681 g/mol. The van der Waals surface area contributed by atoms with Crippen LogP contribution in [0, 0.1) is 45.3 Å². The Morgan fingerprint density at radius 2 is 0.827 bits per heavy atom. The number of H-pyrrole nitrogens is 4. The molecule has 2 aliphatic rings.